The molecule has 3 N–H and O–H groups in total. The van der Waals surface area contributed by atoms with E-state index in [0.717, 1.165) is 13.1 Å². The zero-order valence-electron chi connectivity index (χ0n) is 9.75. The largest absolute Gasteiger partial charge is 0.451 e. The highest BCUT2D eigenvalue weighted by Crippen LogP contribution is 2.26. The van der Waals surface area contributed by atoms with Crippen LogP contribution in [0, 0.1) is 5.92 Å². The number of halogens is 4. The van der Waals surface area contributed by atoms with Gasteiger partial charge in [-0.25, -0.2) is 0 Å². The fourth-order valence-electron chi connectivity index (χ4n) is 1.74. The summed E-state index contributed by atoms with van der Waals surface area (Å²) in [5.74, 6) is -2.11. The van der Waals surface area contributed by atoms with Crippen molar-refractivity contribution in [3.8, 4) is 0 Å². The molecular weight excluding hydrogens is 287 g/mol. The highest BCUT2D eigenvalue weighted by Gasteiger charge is 2.35. The van der Waals surface area contributed by atoms with Crippen LogP contribution in [0.4, 0.5) is 19.1 Å². The number of carbonyl (C=O) groups excluding carboxylic acids is 1. The van der Waals surface area contributed by atoms with Crippen LogP contribution < -0.4 is 10.6 Å². The van der Waals surface area contributed by atoms with E-state index in [0.29, 0.717) is 12.8 Å². The van der Waals surface area contributed by atoms with Crippen molar-refractivity contribution in [2.75, 3.05) is 18.4 Å². The minimum absolute atomic E-state index is 0. The predicted molar refractivity (Wildman–Crippen MR) is 62.9 cm³/mol. The zero-order valence-corrected chi connectivity index (χ0v) is 10.6. The van der Waals surface area contributed by atoms with Crippen molar-refractivity contribution >= 4 is 24.3 Å². The first-order valence-electron chi connectivity index (χ1n) is 5.48. The van der Waals surface area contributed by atoms with Gasteiger partial charge in [-0.05, 0) is 25.9 Å². The van der Waals surface area contributed by atoms with Crippen LogP contribution in [0.3, 0.4) is 0 Å². The van der Waals surface area contributed by atoms with Gasteiger partial charge in [0.15, 0.2) is 0 Å². The van der Waals surface area contributed by atoms with Crippen LogP contribution in [-0.4, -0.2) is 34.2 Å². The maximum atomic E-state index is 12.2. The average molecular weight is 300 g/mol. The molecule has 2 heterocycles. The van der Waals surface area contributed by atoms with Crippen molar-refractivity contribution in [3.63, 3.8) is 0 Å². The summed E-state index contributed by atoms with van der Waals surface area (Å²) in [5, 5.41) is 10.4. The third-order valence-corrected chi connectivity index (χ3v) is 2.70. The lowest BCUT2D eigenvalue weighted by Gasteiger charge is -2.20. The zero-order chi connectivity index (χ0) is 13.2. The molecular formula is C9H13ClF3N5O. The Morgan fingerprint density at radius 2 is 1.95 bits per heavy atom. The molecule has 0 aromatic carbocycles. The number of hydrogen-bond acceptors (Lipinski definition) is 4. The molecule has 1 aliphatic heterocycles. The molecule has 1 aromatic heterocycles. The van der Waals surface area contributed by atoms with E-state index in [9.17, 15) is 18.0 Å². The van der Waals surface area contributed by atoms with Gasteiger partial charge < -0.3 is 5.32 Å². The second kappa shape index (κ2) is 6.20. The molecule has 19 heavy (non-hydrogen) atoms. The molecule has 2 rings (SSSR count). The van der Waals surface area contributed by atoms with Gasteiger partial charge in [0, 0.05) is 5.92 Å². The van der Waals surface area contributed by atoms with Crippen molar-refractivity contribution < 1.29 is 18.0 Å². The van der Waals surface area contributed by atoms with Crippen LogP contribution in [-0.2, 0) is 11.0 Å². The molecule has 1 aliphatic rings. The molecule has 1 aromatic rings. The summed E-state index contributed by atoms with van der Waals surface area (Å²) in [6, 6.07) is 0. The topological polar surface area (TPSA) is 82.7 Å². The number of aromatic amines is 1. The van der Waals surface area contributed by atoms with Crippen LogP contribution in [0.5, 0.6) is 0 Å². The fraction of sp³-hybridized carbons (Fsp3) is 0.667. The summed E-state index contributed by atoms with van der Waals surface area (Å²) < 4.78 is 36.7. The van der Waals surface area contributed by atoms with Crippen LogP contribution >= 0.6 is 12.4 Å². The maximum Gasteiger partial charge on any atom is 0.451 e. The van der Waals surface area contributed by atoms with Crippen molar-refractivity contribution in [3.05, 3.63) is 5.82 Å². The van der Waals surface area contributed by atoms with Crippen LogP contribution in [0.25, 0.3) is 0 Å². The number of hydrogen-bond donors (Lipinski definition) is 3. The highest BCUT2D eigenvalue weighted by atomic mass is 35.5. The molecule has 0 bridgehead atoms. The van der Waals surface area contributed by atoms with Gasteiger partial charge in [-0.2, -0.15) is 18.2 Å². The third-order valence-electron chi connectivity index (χ3n) is 2.70. The summed E-state index contributed by atoms with van der Waals surface area (Å²) in [5.41, 5.74) is 0. The van der Waals surface area contributed by atoms with Crippen LogP contribution in [0.2, 0.25) is 0 Å². The molecule has 0 atom stereocenters. The van der Waals surface area contributed by atoms with Crippen molar-refractivity contribution in [2.45, 2.75) is 19.0 Å². The van der Waals surface area contributed by atoms with E-state index in [-0.39, 0.29) is 30.2 Å². The Kier molecular flexibility index (Phi) is 5.12. The van der Waals surface area contributed by atoms with Crippen LogP contribution in [0.15, 0.2) is 0 Å². The molecule has 1 amide bonds. The standard InChI is InChI=1S/C9H12F3N5O.ClH/c10-9(11,12)7-15-8(17-16-7)14-6(18)5-1-3-13-4-2-5;/h5,13H,1-4H2,(H2,14,15,16,17,18);1H. The SMILES string of the molecule is Cl.O=C(Nc1n[nH]c(C(F)(F)F)n1)C1CCNCC1. The minimum Gasteiger partial charge on any atom is -0.317 e. The van der Waals surface area contributed by atoms with Crippen molar-refractivity contribution in [1.82, 2.24) is 20.5 Å². The number of alkyl halides is 3. The Hall–Kier alpha value is -1.35. The molecule has 1 fully saturated rings. The number of nitrogens with one attached hydrogen (secondary N) is 3. The van der Waals surface area contributed by atoms with Gasteiger partial charge in [-0.1, -0.05) is 0 Å². The molecule has 0 radical (unpaired) electrons. The molecule has 108 valence electrons. The summed E-state index contributed by atoms with van der Waals surface area (Å²) in [6.07, 6.45) is -3.28. The van der Waals surface area contributed by atoms with E-state index < -0.39 is 12.0 Å². The monoisotopic (exact) mass is 299 g/mol. The quantitative estimate of drug-likeness (QED) is 0.766. The number of aromatic nitrogens is 3. The predicted octanol–water partition coefficient (Wildman–Crippen LogP) is 1.18. The van der Waals surface area contributed by atoms with Gasteiger partial charge in [-0.3, -0.25) is 15.2 Å². The molecule has 0 saturated carbocycles. The van der Waals surface area contributed by atoms with Crippen molar-refractivity contribution in [2.24, 2.45) is 5.92 Å². The van der Waals surface area contributed by atoms with Gasteiger partial charge in [0.1, 0.15) is 0 Å². The number of rotatable bonds is 2. The maximum absolute atomic E-state index is 12.2. The van der Waals surface area contributed by atoms with Gasteiger partial charge in [0.2, 0.25) is 17.7 Å². The van der Waals surface area contributed by atoms with E-state index in [2.05, 4.69) is 20.7 Å². The number of H-pyrrole nitrogens is 1. The number of amides is 1. The number of anilines is 1. The lowest BCUT2D eigenvalue weighted by Crippen LogP contribution is -2.34. The Labute approximate surface area is 113 Å². The molecule has 0 unspecified atom stereocenters. The van der Waals surface area contributed by atoms with E-state index in [4.69, 9.17) is 0 Å². The summed E-state index contributed by atoms with van der Waals surface area (Å²) in [6.45, 7) is 1.44. The van der Waals surface area contributed by atoms with E-state index in [1.54, 1.807) is 5.10 Å². The second-order valence-electron chi connectivity index (χ2n) is 4.02. The summed E-state index contributed by atoms with van der Waals surface area (Å²) in [4.78, 5) is 14.9. The number of piperidine rings is 1. The Morgan fingerprint density at radius 1 is 1.32 bits per heavy atom. The van der Waals surface area contributed by atoms with Gasteiger partial charge in [0.25, 0.3) is 0 Å². The number of carbonyl (C=O) groups is 1. The molecule has 1 saturated heterocycles. The second-order valence-corrected chi connectivity index (χ2v) is 4.02. The smallest absolute Gasteiger partial charge is 0.317 e. The Morgan fingerprint density at radius 3 is 2.47 bits per heavy atom. The first kappa shape index (κ1) is 15.7. The Bertz CT molecular complexity index is 430. The average Bonchev–Trinajstić information content (AvgIpc) is 2.78. The Balaban J connectivity index is 0.00000180. The molecule has 0 aliphatic carbocycles. The lowest BCUT2D eigenvalue weighted by molar-refractivity contribution is -0.144. The lowest BCUT2D eigenvalue weighted by atomic mass is 9.97. The molecule has 0 spiro atoms. The first-order valence-corrected chi connectivity index (χ1v) is 5.48. The van der Waals surface area contributed by atoms with E-state index >= 15 is 0 Å². The van der Waals surface area contributed by atoms with E-state index in [1.165, 1.54) is 0 Å². The fourth-order valence-corrected chi connectivity index (χ4v) is 1.74. The minimum atomic E-state index is -4.59. The van der Waals surface area contributed by atoms with Gasteiger partial charge >= 0.3 is 6.18 Å². The van der Waals surface area contributed by atoms with Crippen molar-refractivity contribution in [1.29, 1.82) is 0 Å². The third kappa shape index (κ3) is 4.06. The van der Waals surface area contributed by atoms with Gasteiger partial charge in [-0.15, -0.1) is 17.5 Å². The van der Waals surface area contributed by atoms with Gasteiger partial charge in [0.05, 0.1) is 0 Å². The molecule has 10 heteroatoms. The van der Waals surface area contributed by atoms with Crippen LogP contribution in [0.1, 0.15) is 18.7 Å². The number of nitrogens with zero attached hydrogens (tertiary/aromatic N) is 2. The normalized spacial score (nSPS) is 16.8. The van der Waals surface area contributed by atoms with E-state index in [1.807, 2.05) is 0 Å². The highest BCUT2D eigenvalue weighted by molar-refractivity contribution is 5.90. The summed E-state index contributed by atoms with van der Waals surface area (Å²) >= 11 is 0. The summed E-state index contributed by atoms with van der Waals surface area (Å²) in [7, 11) is 0. The molecule has 6 nitrogen and oxygen atoms in total. The first-order chi connectivity index (χ1) is 8.47.